The molecule has 0 saturated carbocycles. The number of carbonyl (C=O) groups is 2. The van der Waals surface area contributed by atoms with Crippen molar-refractivity contribution in [1.82, 2.24) is 20.3 Å². The fourth-order valence-corrected chi connectivity index (χ4v) is 2.59. The summed E-state index contributed by atoms with van der Waals surface area (Å²) < 4.78 is 15.1. The minimum atomic E-state index is -0.688. The smallest absolute Gasteiger partial charge is 0.228 e. The Labute approximate surface area is 131 Å². The maximum absolute atomic E-state index is 13.4. The van der Waals surface area contributed by atoms with Crippen LogP contribution in [0.3, 0.4) is 0 Å². The molecule has 1 aliphatic rings. The van der Waals surface area contributed by atoms with Crippen molar-refractivity contribution < 1.29 is 14.0 Å². The van der Waals surface area contributed by atoms with E-state index >= 15 is 0 Å². The van der Waals surface area contributed by atoms with Crippen molar-refractivity contribution in [2.75, 3.05) is 11.9 Å². The molecule has 0 bridgehead atoms. The highest BCUT2D eigenvalue weighted by molar-refractivity contribution is 6.01. The van der Waals surface area contributed by atoms with E-state index in [0.717, 1.165) is 5.69 Å². The van der Waals surface area contributed by atoms with Crippen LogP contribution >= 0.6 is 0 Å². The average molecular weight is 317 g/mol. The molecule has 0 saturated heterocycles. The molecule has 8 heteroatoms. The van der Waals surface area contributed by atoms with Crippen LogP contribution in [0, 0.1) is 12.7 Å². The molecular weight excluding hydrogens is 301 g/mol. The third-order valence-corrected chi connectivity index (χ3v) is 3.66. The Morgan fingerprint density at radius 2 is 2.35 bits per heavy atom. The zero-order valence-corrected chi connectivity index (χ0v) is 12.5. The summed E-state index contributed by atoms with van der Waals surface area (Å²) in [5, 5.41) is 13.2. The SMILES string of the molecule is Cc1cn(CCNC(=O)C2CC(=O)Nc3ccc(F)cc32)nn1. The number of nitrogens with one attached hydrogen (secondary N) is 2. The second-order valence-electron chi connectivity index (χ2n) is 5.45. The van der Waals surface area contributed by atoms with Gasteiger partial charge in [0.05, 0.1) is 18.2 Å². The number of benzene rings is 1. The quantitative estimate of drug-likeness (QED) is 0.879. The number of anilines is 1. The molecule has 23 heavy (non-hydrogen) atoms. The van der Waals surface area contributed by atoms with E-state index in [9.17, 15) is 14.0 Å². The van der Waals surface area contributed by atoms with Gasteiger partial charge in [0, 0.05) is 24.8 Å². The molecule has 1 aromatic heterocycles. The van der Waals surface area contributed by atoms with Gasteiger partial charge in [-0.15, -0.1) is 5.10 Å². The molecular formula is C15H16FN5O2. The second kappa shape index (κ2) is 6.15. The summed E-state index contributed by atoms with van der Waals surface area (Å²) >= 11 is 0. The van der Waals surface area contributed by atoms with Crippen LogP contribution in [0.5, 0.6) is 0 Å². The molecule has 1 atom stereocenters. The first kappa shape index (κ1) is 15.1. The number of aromatic nitrogens is 3. The highest BCUT2D eigenvalue weighted by atomic mass is 19.1. The van der Waals surface area contributed by atoms with Crippen LogP contribution in [-0.4, -0.2) is 33.4 Å². The summed E-state index contributed by atoms with van der Waals surface area (Å²) in [6.45, 7) is 2.65. The fraction of sp³-hybridized carbons (Fsp3) is 0.333. The topological polar surface area (TPSA) is 88.9 Å². The Bertz CT molecular complexity index is 758. The largest absolute Gasteiger partial charge is 0.354 e. The summed E-state index contributed by atoms with van der Waals surface area (Å²) in [6, 6.07) is 4.02. The van der Waals surface area contributed by atoms with E-state index < -0.39 is 11.7 Å². The molecule has 2 heterocycles. The number of hydrogen-bond donors (Lipinski definition) is 2. The van der Waals surface area contributed by atoms with Crippen molar-refractivity contribution in [3.8, 4) is 0 Å². The van der Waals surface area contributed by atoms with Gasteiger partial charge < -0.3 is 10.6 Å². The zero-order chi connectivity index (χ0) is 16.4. The number of halogens is 1. The molecule has 2 N–H and O–H groups in total. The van der Waals surface area contributed by atoms with Gasteiger partial charge in [0.2, 0.25) is 11.8 Å². The molecule has 7 nitrogen and oxygen atoms in total. The Balaban J connectivity index is 1.67. The van der Waals surface area contributed by atoms with E-state index in [-0.39, 0.29) is 18.2 Å². The lowest BCUT2D eigenvalue weighted by atomic mass is 9.89. The second-order valence-corrected chi connectivity index (χ2v) is 5.45. The van der Waals surface area contributed by atoms with Crippen molar-refractivity contribution >= 4 is 17.5 Å². The number of carbonyl (C=O) groups excluding carboxylic acids is 2. The molecule has 1 aliphatic heterocycles. The molecule has 3 rings (SSSR count). The van der Waals surface area contributed by atoms with Crippen molar-refractivity contribution in [3.63, 3.8) is 0 Å². The van der Waals surface area contributed by atoms with Gasteiger partial charge in [-0.2, -0.15) is 0 Å². The summed E-state index contributed by atoms with van der Waals surface area (Å²) in [4.78, 5) is 24.1. The number of nitrogens with zero attached hydrogens (tertiary/aromatic N) is 3. The van der Waals surface area contributed by atoms with E-state index in [1.54, 1.807) is 10.9 Å². The van der Waals surface area contributed by atoms with E-state index in [2.05, 4.69) is 20.9 Å². The van der Waals surface area contributed by atoms with Crippen LogP contribution in [-0.2, 0) is 16.1 Å². The lowest BCUT2D eigenvalue weighted by molar-refractivity contribution is -0.126. The molecule has 0 aliphatic carbocycles. The van der Waals surface area contributed by atoms with Crippen molar-refractivity contribution in [2.24, 2.45) is 0 Å². The fourth-order valence-electron chi connectivity index (χ4n) is 2.59. The maximum atomic E-state index is 13.4. The normalized spacial score (nSPS) is 16.6. The number of amides is 2. The monoisotopic (exact) mass is 317 g/mol. The lowest BCUT2D eigenvalue weighted by Gasteiger charge is -2.24. The molecule has 0 fully saturated rings. The van der Waals surface area contributed by atoms with Crippen molar-refractivity contribution in [1.29, 1.82) is 0 Å². The number of aryl methyl sites for hydroxylation is 1. The minimum absolute atomic E-state index is 0.00468. The van der Waals surface area contributed by atoms with E-state index in [0.29, 0.717) is 24.3 Å². The first-order valence-corrected chi connectivity index (χ1v) is 7.26. The molecule has 1 unspecified atom stereocenters. The van der Waals surface area contributed by atoms with Crippen LogP contribution in [0.2, 0.25) is 0 Å². The third kappa shape index (κ3) is 3.36. The maximum Gasteiger partial charge on any atom is 0.228 e. The van der Waals surface area contributed by atoms with Gasteiger partial charge in [0.15, 0.2) is 0 Å². The summed E-state index contributed by atoms with van der Waals surface area (Å²) in [5.74, 6) is -1.68. The minimum Gasteiger partial charge on any atom is -0.354 e. The van der Waals surface area contributed by atoms with Gasteiger partial charge in [-0.3, -0.25) is 14.3 Å². The first-order chi connectivity index (χ1) is 11.0. The summed E-state index contributed by atoms with van der Waals surface area (Å²) in [7, 11) is 0. The Hall–Kier alpha value is -2.77. The molecule has 120 valence electrons. The Morgan fingerprint density at radius 3 is 3.09 bits per heavy atom. The van der Waals surface area contributed by atoms with Crippen LogP contribution < -0.4 is 10.6 Å². The van der Waals surface area contributed by atoms with E-state index in [4.69, 9.17) is 0 Å². The highest BCUT2D eigenvalue weighted by Crippen LogP contribution is 2.32. The van der Waals surface area contributed by atoms with Crippen LogP contribution in [0.15, 0.2) is 24.4 Å². The third-order valence-electron chi connectivity index (χ3n) is 3.66. The van der Waals surface area contributed by atoms with Crippen LogP contribution in [0.4, 0.5) is 10.1 Å². The van der Waals surface area contributed by atoms with Crippen LogP contribution in [0.1, 0.15) is 23.6 Å². The van der Waals surface area contributed by atoms with E-state index in [1.807, 2.05) is 6.92 Å². The number of fused-ring (bicyclic) bond motifs is 1. The molecule has 0 radical (unpaired) electrons. The van der Waals surface area contributed by atoms with Crippen LogP contribution in [0.25, 0.3) is 0 Å². The Morgan fingerprint density at radius 1 is 1.52 bits per heavy atom. The molecule has 2 aromatic rings. The highest BCUT2D eigenvalue weighted by Gasteiger charge is 2.30. The predicted octanol–water partition coefficient (Wildman–Crippen LogP) is 0.968. The standard InChI is InChI=1S/C15H16FN5O2/c1-9-8-21(20-19-9)5-4-17-15(23)12-7-14(22)18-13-3-2-10(16)6-11(12)13/h2-3,6,8,12H,4-5,7H2,1H3,(H,17,23)(H,18,22). The summed E-state index contributed by atoms with van der Waals surface area (Å²) in [6.07, 6.45) is 1.77. The van der Waals surface area contributed by atoms with E-state index in [1.165, 1.54) is 18.2 Å². The Kier molecular flexibility index (Phi) is 4.05. The van der Waals surface area contributed by atoms with Crippen molar-refractivity contribution in [3.05, 3.63) is 41.5 Å². The lowest BCUT2D eigenvalue weighted by Crippen LogP contribution is -2.36. The van der Waals surface area contributed by atoms with Gasteiger partial charge >= 0.3 is 0 Å². The first-order valence-electron chi connectivity index (χ1n) is 7.26. The van der Waals surface area contributed by atoms with Gasteiger partial charge in [-0.25, -0.2) is 4.39 Å². The number of hydrogen-bond acceptors (Lipinski definition) is 4. The predicted molar refractivity (Wildman–Crippen MR) is 80.2 cm³/mol. The zero-order valence-electron chi connectivity index (χ0n) is 12.5. The van der Waals surface area contributed by atoms with Gasteiger partial charge in [-0.1, -0.05) is 5.21 Å². The average Bonchev–Trinajstić information content (AvgIpc) is 2.92. The molecule has 0 spiro atoms. The summed E-state index contributed by atoms with van der Waals surface area (Å²) in [5.41, 5.74) is 1.78. The van der Waals surface area contributed by atoms with Gasteiger partial charge in [0.25, 0.3) is 0 Å². The molecule has 1 aromatic carbocycles. The van der Waals surface area contributed by atoms with Crippen molar-refractivity contribution in [2.45, 2.75) is 25.8 Å². The molecule has 2 amide bonds. The van der Waals surface area contributed by atoms with Gasteiger partial charge in [0.1, 0.15) is 5.82 Å². The van der Waals surface area contributed by atoms with Gasteiger partial charge in [-0.05, 0) is 30.7 Å². The number of rotatable bonds is 4.